The summed E-state index contributed by atoms with van der Waals surface area (Å²) in [5.41, 5.74) is 0.925. The third kappa shape index (κ3) is 3.73. The lowest BCUT2D eigenvalue weighted by Gasteiger charge is -2.23. The first-order valence-corrected chi connectivity index (χ1v) is 6.65. The average molecular weight is 300 g/mol. The molecule has 0 aromatic heterocycles. The largest absolute Gasteiger partial charge is 0.496 e. The van der Waals surface area contributed by atoms with Crippen molar-refractivity contribution in [2.75, 3.05) is 19.5 Å². The number of likely N-dealkylation sites (N-methyl/N-ethyl adjacent to an activating group) is 1. The summed E-state index contributed by atoms with van der Waals surface area (Å²) in [4.78, 5) is 13.8. The summed E-state index contributed by atoms with van der Waals surface area (Å²) >= 11 is 3.38. The third-order valence-corrected chi connectivity index (χ3v) is 3.75. The molecule has 0 aliphatic rings. The van der Waals surface area contributed by atoms with Crippen molar-refractivity contribution in [3.63, 3.8) is 0 Å². The Morgan fingerprint density at radius 1 is 1.47 bits per heavy atom. The van der Waals surface area contributed by atoms with Gasteiger partial charge in [0.1, 0.15) is 5.75 Å². The Hall–Kier alpha value is -1.03. The van der Waals surface area contributed by atoms with Gasteiger partial charge in [0.2, 0.25) is 5.91 Å². The summed E-state index contributed by atoms with van der Waals surface area (Å²) < 4.78 is 5.23. The van der Waals surface area contributed by atoms with Crippen molar-refractivity contribution in [1.29, 1.82) is 0 Å². The standard InChI is InChI=1S/C13H18BrNO2/c1-10(9-14)15(2)13(16)8-11-6-4-5-7-12(11)17-3/h4-7,10H,8-9H2,1-3H3. The summed E-state index contributed by atoms with van der Waals surface area (Å²) in [6.45, 7) is 2.01. The van der Waals surface area contributed by atoms with Gasteiger partial charge in [0.15, 0.2) is 0 Å². The predicted molar refractivity (Wildman–Crippen MR) is 72.7 cm³/mol. The molecule has 94 valence electrons. The third-order valence-electron chi connectivity index (χ3n) is 2.81. The number of para-hydroxylation sites is 1. The van der Waals surface area contributed by atoms with Gasteiger partial charge in [-0.3, -0.25) is 4.79 Å². The molecule has 0 fully saturated rings. The Labute approximate surface area is 111 Å². The Morgan fingerprint density at radius 2 is 2.12 bits per heavy atom. The minimum Gasteiger partial charge on any atom is -0.496 e. The van der Waals surface area contributed by atoms with Gasteiger partial charge in [-0.2, -0.15) is 0 Å². The molecular formula is C13H18BrNO2. The quantitative estimate of drug-likeness (QED) is 0.782. The molecule has 1 unspecified atom stereocenters. The number of carbonyl (C=O) groups excluding carboxylic acids is 1. The Morgan fingerprint density at radius 3 is 2.71 bits per heavy atom. The molecule has 17 heavy (non-hydrogen) atoms. The van der Waals surface area contributed by atoms with Crippen LogP contribution in [0.4, 0.5) is 0 Å². The summed E-state index contributed by atoms with van der Waals surface area (Å²) in [6.07, 6.45) is 0.373. The zero-order chi connectivity index (χ0) is 12.8. The lowest BCUT2D eigenvalue weighted by molar-refractivity contribution is -0.130. The van der Waals surface area contributed by atoms with Crippen LogP contribution in [0.2, 0.25) is 0 Å². The first-order valence-electron chi connectivity index (χ1n) is 5.53. The number of hydrogen-bond acceptors (Lipinski definition) is 2. The first-order chi connectivity index (χ1) is 8.10. The summed E-state index contributed by atoms with van der Waals surface area (Å²) in [7, 11) is 3.44. The number of rotatable bonds is 5. The lowest BCUT2D eigenvalue weighted by Crippen LogP contribution is -2.37. The zero-order valence-corrected chi connectivity index (χ0v) is 12.0. The number of halogens is 1. The van der Waals surface area contributed by atoms with Crippen molar-refractivity contribution < 1.29 is 9.53 Å². The predicted octanol–water partition coefficient (Wildman–Crippen LogP) is 2.48. The topological polar surface area (TPSA) is 29.5 Å². The summed E-state index contributed by atoms with van der Waals surface area (Å²) in [5.74, 6) is 0.863. The molecular weight excluding hydrogens is 282 g/mol. The molecule has 3 nitrogen and oxygen atoms in total. The molecule has 1 rings (SSSR count). The van der Waals surface area contributed by atoms with Crippen molar-refractivity contribution in [1.82, 2.24) is 4.90 Å². The van der Waals surface area contributed by atoms with Crippen LogP contribution in [0.15, 0.2) is 24.3 Å². The number of alkyl halides is 1. The van der Waals surface area contributed by atoms with E-state index in [0.29, 0.717) is 6.42 Å². The fraction of sp³-hybridized carbons (Fsp3) is 0.462. The molecule has 0 radical (unpaired) electrons. The normalized spacial score (nSPS) is 12.0. The van der Waals surface area contributed by atoms with E-state index >= 15 is 0 Å². The smallest absolute Gasteiger partial charge is 0.227 e. The molecule has 0 bridgehead atoms. The Bertz CT molecular complexity index is 381. The van der Waals surface area contributed by atoms with Crippen molar-refractivity contribution in [2.24, 2.45) is 0 Å². The maximum atomic E-state index is 12.0. The van der Waals surface area contributed by atoms with Crippen LogP contribution in [-0.4, -0.2) is 36.3 Å². The average Bonchev–Trinajstić information content (AvgIpc) is 2.37. The number of methoxy groups -OCH3 is 1. The maximum absolute atomic E-state index is 12.0. The second-order valence-corrected chi connectivity index (χ2v) is 4.64. The molecule has 0 saturated heterocycles. The fourth-order valence-electron chi connectivity index (χ4n) is 1.49. The molecule has 0 aliphatic heterocycles. The molecule has 0 aliphatic carbocycles. The van der Waals surface area contributed by atoms with E-state index in [4.69, 9.17) is 4.74 Å². The van der Waals surface area contributed by atoms with Crippen molar-refractivity contribution in [2.45, 2.75) is 19.4 Å². The van der Waals surface area contributed by atoms with Crippen molar-refractivity contribution in [3.05, 3.63) is 29.8 Å². The highest BCUT2D eigenvalue weighted by Crippen LogP contribution is 2.18. The van der Waals surface area contributed by atoms with Gasteiger partial charge in [0.05, 0.1) is 13.5 Å². The number of carbonyl (C=O) groups is 1. The number of nitrogens with zero attached hydrogens (tertiary/aromatic N) is 1. The zero-order valence-electron chi connectivity index (χ0n) is 10.4. The molecule has 0 heterocycles. The van der Waals surface area contributed by atoms with Crippen LogP contribution < -0.4 is 4.74 Å². The molecule has 1 atom stereocenters. The van der Waals surface area contributed by atoms with Gasteiger partial charge in [-0.25, -0.2) is 0 Å². The van der Waals surface area contributed by atoms with E-state index in [2.05, 4.69) is 15.9 Å². The van der Waals surface area contributed by atoms with E-state index < -0.39 is 0 Å². The number of amides is 1. The monoisotopic (exact) mass is 299 g/mol. The highest BCUT2D eigenvalue weighted by Gasteiger charge is 2.16. The molecule has 1 aromatic rings. The van der Waals surface area contributed by atoms with Gasteiger partial charge < -0.3 is 9.64 Å². The molecule has 4 heteroatoms. The van der Waals surface area contributed by atoms with Gasteiger partial charge in [0, 0.05) is 24.0 Å². The minimum atomic E-state index is 0.0986. The van der Waals surface area contributed by atoms with E-state index in [1.54, 1.807) is 12.0 Å². The SMILES string of the molecule is COc1ccccc1CC(=O)N(C)C(C)CBr. The Balaban J connectivity index is 2.74. The lowest BCUT2D eigenvalue weighted by atomic mass is 10.1. The molecule has 1 aromatic carbocycles. The Kier molecular flexibility index (Phi) is 5.48. The van der Waals surface area contributed by atoms with Crippen LogP contribution in [0.1, 0.15) is 12.5 Å². The van der Waals surface area contributed by atoms with E-state index in [9.17, 15) is 4.79 Å². The van der Waals surface area contributed by atoms with Crippen LogP contribution in [0.25, 0.3) is 0 Å². The van der Waals surface area contributed by atoms with Gasteiger partial charge in [-0.05, 0) is 13.0 Å². The number of hydrogen-bond donors (Lipinski definition) is 0. The molecule has 0 N–H and O–H groups in total. The van der Waals surface area contributed by atoms with E-state index in [-0.39, 0.29) is 11.9 Å². The highest BCUT2D eigenvalue weighted by molar-refractivity contribution is 9.09. The second kappa shape index (κ2) is 6.64. The van der Waals surface area contributed by atoms with Gasteiger partial charge >= 0.3 is 0 Å². The van der Waals surface area contributed by atoms with Gasteiger partial charge in [-0.1, -0.05) is 34.1 Å². The fourth-order valence-corrected chi connectivity index (χ4v) is 1.92. The summed E-state index contributed by atoms with van der Waals surface area (Å²) in [6, 6.07) is 7.80. The summed E-state index contributed by atoms with van der Waals surface area (Å²) in [5, 5.41) is 0.779. The van der Waals surface area contributed by atoms with Crippen molar-refractivity contribution in [3.8, 4) is 5.75 Å². The van der Waals surface area contributed by atoms with Gasteiger partial charge in [-0.15, -0.1) is 0 Å². The van der Waals surface area contributed by atoms with E-state index in [1.807, 2.05) is 38.2 Å². The van der Waals surface area contributed by atoms with E-state index in [0.717, 1.165) is 16.6 Å². The van der Waals surface area contributed by atoms with Crippen LogP contribution in [0.5, 0.6) is 5.75 Å². The number of ether oxygens (including phenoxy) is 1. The van der Waals surface area contributed by atoms with Crippen LogP contribution in [-0.2, 0) is 11.2 Å². The molecule has 1 amide bonds. The maximum Gasteiger partial charge on any atom is 0.227 e. The molecule has 0 spiro atoms. The minimum absolute atomic E-state index is 0.0986. The second-order valence-electron chi connectivity index (χ2n) is 4.00. The van der Waals surface area contributed by atoms with Crippen LogP contribution in [0, 0.1) is 0 Å². The highest BCUT2D eigenvalue weighted by atomic mass is 79.9. The van der Waals surface area contributed by atoms with Crippen molar-refractivity contribution >= 4 is 21.8 Å². The van der Waals surface area contributed by atoms with Crippen LogP contribution >= 0.6 is 15.9 Å². The van der Waals surface area contributed by atoms with Gasteiger partial charge in [0.25, 0.3) is 0 Å². The number of benzene rings is 1. The molecule has 0 saturated carbocycles. The van der Waals surface area contributed by atoms with E-state index in [1.165, 1.54) is 0 Å². The first kappa shape index (κ1) is 14.0. The van der Waals surface area contributed by atoms with Crippen LogP contribution in [0.3, 0.4) is 0 Å².